The predicted octanol–water partition coefficient (Wildman–Crippen LogP) is 1.33. The molecule has 0 unspecified atom stereocenters. The molecule has 0 radical (unpaired) electrons. The molecule has 2 aliphatic rings. The van der Waals surface area contributed by atoms with Gasteiger partial charge in [0.15, 0.2) is 9.84 Å². The smallest absolute Gasteiger partial charge is 0.410 e. The summed E-state index contributed by atoms with van der Waals surface area (Å²) >= 11 is 0. The highest BCUT2D eigenvalue weighted by Gasteiger charge is 2.41. The number of ether oxygens (including phenoxy) is 1. The Balaban J connectivity index is 1.94. The highest BCUT2D eigenvalue weighted by atomic mass is 32.2. The summed E-state index contributed by atoms with van der Waals surface area (Å²) < 4.78 is 28.7. The van der Waals surface area contributed by atoms with E-state index in [1.807, 2.05) is 0 Å². The minimum atomic E-state index is -3.07. The Bertz CT molecular complexity index is 610. The molecule has 2 amide bonds. The largest absolute Gasteiger partial charge is 0.444 e. The molecule has 2 saturated heterocycles. The van der Waals surface area contributed by atoms with Crippen LogP contribution in [0.15, 0.2) is 0 Å². The number of carbonyl (C=O) groups excluding carboxylic acids is 2. The van der Waals surface area contributed by atoms with E-state index < -0.39 is 27.1 Å². The van der Waals surface area contributed by atoms with E-state index >= 15 is 0 Å². The number of likely N-dealkylation sites (tertiary alicyclic amines) is 1. The molecule has 0 aliphatic carbocycles. The maximum atomic E-state index is 12.5. The Morgan fingerprint density at radius 2 is 1.96 bits per heavy atom. The lowest BCUT2D eigenvalue weighted by Gasteiger charge is -2.35. The molecule has 0 aromatic heterocycles. The van der Waals surface area contributed by atoms with Crippen LogP contribution >= 0.6 is 0 Å². The van der Waals surface area contributed by atoms with Gasteiger partial charge < -0.3 is 15.0 Å². The Labute approximate surface area is 144 Å². The van der Waals surface area contributed by atoms with Crippen LogP contribution in [0.1, 0.15) is 47.0 Å². The SMILES string of the molecule is CC(C)(C)OC(=O)N1CCC[C@H](C(=O)N[C@@]2(C)CCS(=O)(=O)C2)C1. The van der Waals surface area contributed by atoms with Gasteiger partial charge in [0.25, 0.3) is 0 Å². The fourth-order valence-corrected chi connectivity index (χ4v) is 5.29. The van der Waals surface area contributed by atoms with Gasteiger partial charge in [0.2, 0.25) is 5.91 Å². The first-order chi connectivity index (χ1) is 10.9. The van der Waals surface area contributed by atoms with E-state index in [1.54, 1.807) is 32.6 Å². The number of rotatable bonds is 2. The van der Waals surface area contributed by atoms with Crippen LogP contribution < -0.4 is 5.32 Å². The molecule has 0 bridgehead atoms. The van der Waals surface area contributed by atoms with Crippen LogP contribution in [-0.2, 0) is 19.4 Å². The molecule has 0 aromatic rings. The average Bonchev–Trinajstić information content (AvgIpc) is 2.70. The molecule has 2 atom stereocenters. The van der Waals surface area contributed by atoms with E-state index in [9.17, 15) is 18.0 Å². The molecular formula is C16H28N2O5S. The van der Waals surface area contributed by atoms with E-state index in [4.69, 9.17) is 4.74 Å². The number of nitrogens with zero attached hydrogens (tertiary/aromatic N) is 1. The normalized spacial score (nSPS) is 30.0. The van der Waals surface area contributed by atoms with Crippen molar-refractivity contribution in [3.8, 4) is 0 Å². The van der Waals surface area contributed by atoms with Gasteiger partial charge in [0.1, 0.15) is 5.60 Å². The zero-order valence-electron chi connectivity index (χ0n) is 14.9. The van der Waals surface area contributed by atoms with Crippen LogP contribution in [0, 0.1) is 5.92 Å². The van der Waals surface area contributed by atoms with E-state index in [-0.39, 0.29) is 23.3 Å². The van der Waals surface area contributed by atoms with E-state index in [1.165, 1.54) is 0 Å². The summed E-state index contributed by atoms with van der Waals surface area (Å²) in [5, 5.41) is 2.89. The molecule has 2 rings (SSSR count). The molecule has 0 aromatic carbocycles. The molecule has 0 spiro atoms. The van der Waals surface area contributed by atoms with Crippen LogP contribution in [0.3, 0.4) is 0 Å². The Kier molecular flexibility index (Phi) is 5.18. The second kappa shape index (κ2) is 6.54. The van der Waals surface area contributed by atoms with Gasteiger partial charge in [0.05, 0.1) is 23.0 Å². The highest BCUT2D eigenvalue weighted by molar-refractivity contribution is 7.91. The van der Waals surface area contributed by atoms with Crippen molar-refractivity contribution < 1.29 is 22.7 Å². The van der Waals surface area contributed by atoms with Crippen LogP contribution in [0.2, 0.25) is 0 Å². The summed E-state index contributed by atoms with van der Waals surface area (Å²) in [5.41, 5.74) is -1.28. The van der Waals surface area contributed by atoms with Crippen LogP contribution in [0.25, 0.3) is 0 Å². The minimum absolute atomic E-state index is 0.0196. The lowest BCUT2D eigenvalue weighted by Crippen LogP contribution is -2.53. The average molecular weight is 360 g/mol. The second-order valence-electron chi connectivity index (χ2n) is 8.16. The monoisotopic (exact) mass is 360 g/mol. The van der Waals surface area contributed by atoms with Crippen molar-refractivity contribution in [1.29, 1.82) is 0 Å². The van der Waals surface area contributed by atoms with Gasteiger partial charge in [-0.05, 0) is 47.0 Å². The van der Waals surface area contributed by atoms with Gasteiger partial charge in [-0.15, -0.1) is 0 Å². The highest BCUT2D eigenvalue weighted by Crippen LogP contribution is 2.25. The van der Waals surface area contributed by atoms with Crippen molar-refractivity contribution in [2.75, 3.05) is 24.6 Å². The van der Waals surface area contributed by atoms with Crippen molar-refractivity contribution in [2.45, 2.75) is 58.1 Å². The van der Waals surface area contributed by atoms with Crippen molar-refractivity contribution in [1.82, 2.24) is 10.2 Å². The van der Waals surface area contributed by atoms with Gasteiger partial charge in [0, 0.05) is 13.1 Å². The maximum absolute atomic E-state index is 12.5. The Hall–Kier alpha value is -1.31. The first kappa shape index (κ1) is 19.0. The van der Waals surface area contributed by atoms with Crippen molar-refractivity contribution in [2.24, 2.45) is 5.92 Å². The van der Waals surface area contributed by atoms with Gasteiger partial charge in [-0.1, -0.05) is 0 Å². The number of hydrogen-bond donors (Lipinski definition) is 1. The number of carbonyl (C=O) groups is 2. The van der Waals surface area contributed by atoms with Crippen LogP contribution in [0.4, 0.5) is 4.79 Å². The molecular weight excluding hydrogens is 332 g/mol. The fourth-order valence-electron chi connectivity index (χ4n) is 3.19. The first-order valence-electron chi connectivity index (χ1n) is 8.40. The minimum Gasteiger partial charge on any atom is -0.444 e. The number of sulfone groups is 1. The summed E-state index contributed by atoms with van der Waals surface area (Å²) in [4.78, 5) is 26.3. The molecule has 2 heterocycles. The molecule has 138 valence electrons. The zero-order chi connectivity index (χ0) is 18.2. The summed E-state index contributed by atoms with van der Waals surface area (Å²) in [6, 6.07) is 0. The number of nitrogens with one attached hydrogen (secondary N) is 1. The summed E-state index contributed by atoms with van der Waals surface area (Å²) in [6.07, 6.45) is 1.44. The number of amides is 2. The van der Waals surface area contributed by atoms with Gasteiger partial charge in [-0.2, -0.15) is 0 Å². The second-order valence-corrected chi connectivity index (χ2v) is 10.3. The standard InChI is InChI=1S/C16H28N2O5S/c1-15(2,3)23-14(20)18-8-5-6-12(10-18)13(19)17-16(4)7-9-24(21,22)11-16/h12H,5-11H2,1-4H3,(H,17,19)/t12-,16-/m0/s1. The Morgan fingerprint density at radius 1 is 1.29 bits per heavy atom. The van der Waals surface area contributed by atoms with E-state index in [2.05, 4.69) is 5.32 Å². The topological polar surface area (TPSA) is 92.8 Å². The van der Waals surface area contributed by atoms with E-state index in [0.717, 1.165) is 6.42 Å². The maximum Gasteiger partial charge on any atom is 0.410 e. The molecule has 1 N–H and O–H groups in total. The molecule has 7 nitrogen and oxygen atoms in total. The van der Waals surface area contributed by atoms with Crippen molar-refractivity contribution in [3.63, 3.8) is 0 Å². The Morgan fingerprint density at radius 3 is 2.50 bits per heavy atom. The lowest BCUT2D eigenvalue weighted by atomic mass is 9.94. The fraction of sp³-hybridized carbons (Fsp3) is 0.875. The van der Waals surface area contributed by atoms with Gasteiger partial charge >= 0.3 is 6.09 Å². The first-order valence-corrected chi connectivity index (χ1v) is 10.2. The van der Waals surface area contributed by atoms with Crippen molar-refractivity contribution in [3.05, 3.63) is 0 Å². The third-order valence-corrected chi connectivity index (χ3v) is 6.28. The van der Waals surface area contributed by atoms with Crippen LogP contribution in [0.5, 0.6) is 0 Å². The van der Waals surface area contributed by atoms with Crippen molar-refractivity contribution >= 4 is 21.8 Å². The third kappa shape index (κ3) is 5.09. The number of piperidine rings is 1. The lowest BCUT2D eigenvalue weighted by molar-refractivity contribution is -0.128. The van der Waals surface area contributed by atoms with Crippen LogP contribution in [-0.4, -0.2) is 61.1 Å². The summed E-state index contributed by atoms with van der Waals surface area (Å²) in [7, 11) is -3.07. The molecule has 2 aliphatic heterocycles. The van der Waals surface area contributed by atoms with Gasteiger partial charge in [-0.25, -0.2) is 13.2 Å². The van der Waals surface area contributed by atoms with Gasteiger partial charge in [-0.3, -0.25) is 4.79 Å². The predicted molar refractivity (Wildman–Crippen MR) is 90.3 cm³/mol. The van der Waals surface area contributed by atoms with E-state index in [0.29, 0.717) is 25.9 Å². The third-order valence-electron chi connectivity index (χ3n) is 4.37. The summed E-state index contributed by atoms with van der Waals surface area (Å²) in [5.74, 6) is -0.415. The molecule has 2 fully saturated rings. The quantitative estimate of drug-likeness (QED) is 0.802. The summed E-state index contributed by atoms with van der Waals surface area (Å²) in [6.45, 7) is 8.07. The molecule has 24 heavy (non-hydrogen) atoms. The molecule has 0 saturated carbocycles. The number of hydrogen-bond acceptors (Lipinski definition) is 5. The zero-order valence-corrected chi connectivity index (χ0v) is 15.7. The molecule has 8 heteroatoms.